The second-order valence-corrected chi connectivity index (χ2v) is 6.95. The zero-order valence-electron chi connectivity index (χ0n) is 15.5. The lowest BCUT2D eigenvalue weighted by Gasteiger charge is -2.38. The summed E-state index contributed by atoms with van der Waals surface area (Å²) < 4.78 is 10.5. The molecule has 0 aliphatic heterocycles. The minimum atomic E-state index is -0.575. The van der Waals surface area contributed by atoms with Gasteiger partial charge in [0.05, 0.1) is 19.6 Å². The number of ether oxygens (including phenoxy) is 2. The smallest absolute Gasteiger partial charge is 0.316 e. The fourth-order valence-corrected chi connectivity index (χ4v) is 3.90. The molecule has 0 unspecified atom stereocenters. The van der Waals surface area contributed by atoms with E-state index in [1.165, 1.54) is 12.7 Å². The minimum Gasteiger partial charge on any atom is -0.497 e. The van der Waals surface area contributed by atoms with Crippen molar-refractivity contribution in [1.29, 1.82) is 0 Å². The van der Waals surface area contributed by atoms with Crippen LogP contribution < -0.4 is 10.1 Å². The standard InChI is InChI=1S/C22H27NO3/c1-25-20-10-6-9-18(15-20)22(21(24)26-2)13-11-19(12-14-22)23-16-17-7-4-3-5-8-17/h3-10,15,19,23H,11-14,16H2,1-2H3/t19-,22+. The lowest BCUT2D eigenvalue weighted by Crippen LogP contribution is -2.44. The molecular weight excluding hydrogens is 326 g/mol. The van der Waals surface area contributed by atoms with Gasteiger partial charge in [-0.05, 0) is 48.9 Å². The molecule has 0 atom stereocenters. The lowest BCUT2D eigenvalue weighted by molar-refractivity contribution is -0.149. The van der Waals surface area contributed by atoms with Crippen molar-refractivity contribution >= 4 is 5.97 Å². The van der Waals surface area contributed by atoms with Crippen LogP contribution in [0.3, 0.4) is 0 Å². The van der Waals surface area contributed by atoms with E-state index in [4.69, 9.17) is 9.47 Å². The van der Waals surface area contributed by atoms with Crippen LogP contribution in [0.15, 0.2) is 54.6 Å². The van der Waals surface area contributed by atoms with Crippen LogP contribution in [-0.4, -0.2) is 26.2 Å². The second kappa shape index (κ2) is 8.37. The second-order valence-electron chi connectivity index (χ2n) is 6.95. The molecule has 1 saturated carbocycles. The first-order valence-corrected chi connectivity index (χ1v) is 9.18. The maximum atomic E-state index is 12.7. The average Bonchev–Trinajstić information content (AvgIpc) is 2.72. The molecule has 0 aromatic heterocycles. The van der Waals surface area contributed by atoms with Gasteiger partial charge in [0.15, 0.2) is 0 Å². The molecule has 0 amide bonds. The van der Waals surface area contributed by atoms with Gasteiger partial charge in [-0.2, -0.15) is 0 Å². The third kappa shape index (κ3) is 3.91. The summed E-state index contributed by atoms with van der Waals surface area (Å²) in [6.45, 7) is 0.857. The Hall–Kier alpha value is -2.33. The van der Waals surface area contributed by atoms with Gasteiger partial charge in [0.25, 0.3) is 0 Å². The average molecular weight is 353 g/mol. The monoisotopic (exact) mass is 353 g/mol. The molecule has 2 aromatic carbocycles. The maximum absolute atomic E-state index is 12.7. The number of carbonyl (C=O) groups excluding carboxylic acids is 1. The highest BCUT2D eigenvalue weighted by molar-refractivity contribution is 5.83. The maximum Gasteiger partial charge on any atom is 0.316 e. The Morgan fingerprint density at radius 1 is 1.08 bits per heavy atom. The van der Waals surface area contributed by atoms with Crippen molar-refractivity contribution in [2.75, 3.05) is 14.2 Å². The van der Waals surface area contributed by atoms with E-state index in [1.54, 1.807) is 7.11 Å². The van der Waals surface area contributed by atoms with Crippen molar-refractivity contribution in [3.8, 4) is 5.75 Å². The molecule has 138 valence electrons. The Balaban J connectivity index is 1.70. The van der Waals surface area contributed by atoms with Gasteiger partial charge in [-0.1, -0.05) is 42.5 Å². The van der Waals surface area contributed by atoms with Gasteiger partial charge < -0.3 is 14.8 Å². The SMILES string of the molecule is COc1cccc([C@]2(C(=O)OC)CC[C@@H](NCc3ccccc3)CC2)c1. The Kier molecular flexibility index (Phi) is 5.94. The van der Waals surface area contributed by atoms with E-state index in [0.29, 0.717) is 6.04 Å². The molecule has 0 spiro atoms. The van der Waals surface area contributed by atoms with Crippen LogP contribution in [0.5, 0.6) is 5.75 Å². The number of hydrogen-bond donors (Lipinski definition) is 1. The molecule has 26 heavy (non-hydrogen) atoms. The van der Waals surface area contributed by atoms with E-state index in [-0.39, 0.29) is 5.97 Å². The number of methoxy groups -OCH3 is 2. The molecule has 0 saturated heterocycles. The van der Waals surface area contributed by atoms with Crippen LogP contribution in [0.2, 0.25) is 0 Å². The van der Waals surface area contributed by atoms with E-state index in [0.717, 1.165) is 43.5 Å². The zero-order valence-corrected chi connectivity index (χ0v) is 15.5. The van der Waals surface area contributed by atoms with E-state index in [2.05, 4.69) is 29.6 Å². The molecule has 1 fully saturated rings. The Labute approximate surface area is 155 Å². The van der Waals surface area contributed by atoms with Crippen LogP contribution in [0.4, 0.5) is 0 Å². The molecule has 4 nitrogen and oxygen atoms in total. The minimum absolute atomic E-state index is 0.146. The van der Waals surface area contributed by atoms with E-state index >= 15 is 0 Å². The molecule has 1 aliphatic rings. The quantitative estimate of drug-likeness (QED) is 0.802. The number of carbonyl (C=O) groups is 1. The van der Waals surface area contributed by atoms with Crippen LogP contribution in [0, 0.1) is 0 Å². The number of rotatable bonds is 6. The normalized spacial score (nSPS) is 22.6. The summed E-state index contributed by atoms with van der Waals surface area (Å²) in [5, 5.41) is 3.63. The van der Waals surface area contributed by atoms with Crippen molar-refractivity contribution in [3.63, 3.8) is 0 Å². The first kappa shape index (κ1) is 18.5. The van der Waals surface area contributed by atoms with Crippen molar-refractivity contribution < 1.29 is 14.3 Å². The van der Waals surface area contributed by atoms with Crippen LogP contribution in [-0.2, 0) is 21.5 Å². The van der Waals surface area contributed by atoms with Gasteiger partial charge in [0.1, 0.15) is 5.75 Å². The summed E-state index contributed by atoms with van der Waals surface area (Å²) in [6.07, 6.45) is 3.44. The first-order chi connectivity index (χ1) is 12.7. The fourth-order valence-electron chi connectivity index (χ4n) is 3.90. The predicted molar refractivity (Wildman–Crippen MR) is 102 cm³/mol. The number of hydrogen-bond acceptors (Lipinski definition) is 4. The molecule has 0 heterocycles. The van der Waals surface area contributed by atoms with Gasteiger partial charge >= 0.3 is 5.97 Å². The highest BCUT2D eigenvalue weighted by atomic mass is 16.5. The van der Waals surface area contributed by atoms with Gasteiger partial charge in [-0.15, -0.1) is 0 Å². The summed E-state index contributed by atoms with van der Waals surface area (Å²) >= 11 is 0. The molecule has 0 bridgehead atoms. The molecule has 3 rings (SSSR count). The third-order valence-corrected chi connectivity index (χ3v) is 5.48. The van der Waals surface area contributed by atoms with E-state index in [1.807, 2.05) is 30.3 Å². The first-order valence-electron chi connectivity index (χ1n) is 9.18. The van der Waals surface area contributed by atoms with Crippen molar-refractivity contribution in [2.45, 2.75) is 43.7 Å². The predicted octanol–water partition coefficient (Wildman–Crippen LogP) is 3.84. The van der Waals surface area contributed by atoms with Crippen LogP contribution in [0.25, 0.3) is 0 Å². The largest absolute Gasteiger partial charge is 0.497 e. The molecule has 1 aliphatic carbocycles. The van der Waals surface area contributed by atoms with Crippen LogP contribution >= 0.6 is 0 Å². The molecular formula is C22H27NO3. The summed E-state index contributed by atoms with van der Waals surface area (Å²) in [5.41, 5.74) is 1.70. The molecule has 2 aromatic rings. The topological polar surface area (TPSA) is 47.6 Å². The number of nitrogens with one attached hydrogen (secondary N) is 1. The number of benzene rings is 2. The molecule has 1 N–H and O–H groups in total. The summed E-state index contributed by atoms with van der Waals surface area (Å²) in [7, 11) is 3.12. The molecule has 0 radical (unpaired) electrons. The zero-order chi connectivity index (χ0) is 18.4. The Morgan fingerprint density at radius 3 is 2.46 bits per heavy atom. The summed E-state index contributed by atoms with van der Waals surface area (Å²) in [4.78, 5) is 12.7. The van der Waals surface area contributed by atoms with Gasteiger partial charge in [-0.3, -0.25) is 4.79 Å². The van der Waals surface area contributed by atoms with E-state index < -0.39 is 5.41 Å². The van der Waals surface area contributed by atoms with Crippen LogP contribution in [0.1, 0.15) is 36.8 Å². The third-order valence-electron chi connectivity index (χ3n) is 5.48. The Morgan fingerprint density at radius 2 is 1.81 bits per heavy atom. The van der Waals surface area contributed by atoms with Crippen molar-refractivity contribution in [3.05, 3.63) is 65.7 Å². The lowest BCUT2D eigenvalue weighted by atomic mass is 9.68. The fraction of sp³-hybridized carbons (Fsp3) is 0.409. The highest BCUT2D eigenvalue weighted by Gasteiger charge is 2.44. The Bertz CT molecular complexity index is 721. The molecule has 4 heteroatoms. The van der Waals surface area contributed by atoms with Crippen molar-refractivity contribution in [2.24, 2.45) is 0 Å². The van der Waals surface area contributed by atoms with Gasteiger partial charge in [0, 0.05) is 12.6 Å². The van der Waals surface area contributed by atoms with Gasteiger partial charge in [-0.25, -0.2) is 0 Å². The summed E-state index contributed by atoms with van der Waals surface area (Å²) in [5.74, 6) is 0.627. The van der Waals surface area contributed by atoms with Crippen molar-refractivity contribution in [1.82, 2.24) is 5.32 Å². The van der Waals surface area contributed by atoms with E-state index in [9.17, 15) is 4.79 Å². The number of esters is 1. The highest BCUT2D eigenvalue weighted by Crippen LogP contribution is 2.41. The summed E-state index contributed by atoms with van der Waals surface area (Å²) in [6, 6.07) is 18.6. The van der Waals surface area contributed by atoms with Gasteiger partial charge in [0.2, 0.25) is 0 Å².